The Morgan fingerprint density at radius 2 is 1.77 bits per heavy atom. The molecule has 0 N–H and O–H groups in total. The number of amides is 1. The summed E-state index contributed by atoms with van der Waals surface area (Å²) in [4.78, 5) is 34.5. The number of hydrogen-bond acceptors (Lipinski definition) is 10. The van der Waals surface area contributed by atoms with Crippen LogP contribution in [0.25, 0.3) is 10.8 Å². The normalized spacial score (nSPS) is 20.4. The van der Waals surface area contributed by atoms with Crippen LogP contribution in [0.15, 0.2) is 42.5 Å². The second-order valence-electron chi connectivity index (χ2n) is 14.2. The molecule has 0 unspecified atom stereocenters. The fraction of sp³-hybridized carbons (Fsp3) is 0.538. The highest BCUT2D eigenvalue weighted by Gasteiger charge is 2.45. The van der Waals surface area contributed by atoms with Crippen molar-refractivity contribution in [3.63, 3.8) is 0 Å². The largest absolute Gasteiger partial charge is 0.461 e. The SMILES string of the molecule is CC#N.O=C(/C=C/CN1CCOCC1)N1CCN(c2nc(OCC34CCCN3CCC4)nc3c2CCN(c2cccc4ccc(F)c(Cl)c24)C3)CC1. The zero-order valence-corrected chi connectivity index (χ0v) is 30.8. The van der Waals surface area contributed by atoms with Gasteiger partial charge in [-0.2, -0.15) is 15.2 Å². The minimum Gasteiger partial charge on any atom is -0.461 e. The number of halogens is 2. The zero-order chi connectivity index (χ0) is 36.1. The molecule has 5 aliphatic rings. The van der Waals surface area contributed by atoms with Crippen molar-refractivity contribution in [1.29, 1.82) is 5.26 Å². The topological polar surface area (TPSA) is 101 Å². The van der Waals surface area contributed by atoms with Crippen LogP contribution in [-0.4, -0.2) is 121 Å². The van der Waals surface area contributed by atoms with Crippen LogP contribution in [-0.2, 0) is 22.5 Å². The van der Waals surface area contributed by atoms with Gasteiger partial charge in [0.05, 0.1) is 42.1 Å². The van der Waals surface area contributed by atoms with Crippen molar-refractivity contribution in [2.75, 3.05) is 95.1 Å². The summed E-state index contributed by atoms with van der Waals surface area (Å²) >= 11 is 6.55. The van der Waals surface area contributed by atoms with Gasteiger partial charge in [0.25, 0.3) is 0 Å². The Balaban J connectivity index is 0.00000136. The summed E-state index contributed by atoms with van der Waals surface area (Å²) in [7, 11) is 0. The number of hydrogen-bond donors (Lipinski definition) is 0. The average Bonchev–Trinajstić information content (AvgIpc) is 3.76. The first-order valence-electron chi connectivity index (χ1n) is 18.6. The summed E-state index contributed by atoms with van der Waals surface area (Å²) in [5.41, 5.74) is 3.02. The van der Waals surface area contributed by atoms with Crippen molar-refractivity contribution in [3.8, 4) is 12.1 Å². The zero-order valence-electron chi connectivity index (χ0n) is 30.0. The van der Waals surface area contributed by atoms with Gasteiger partial charge in [-0.3, -0.25) is 14.6 Å². The highest BCUT2D eigenvalue weighted by atomic mass is 35.5. The molecule has 0 radical (unpaired) electrons. The second-order valence-corrected chi connectivity index (χ2v) is 14.6. The second kappa shape index (κ2) is 16.3. The monoisotopic (exact) mass is 730 g/mol. The third-order valence-electron chi connectivity index (χ3n) is 11.2. The molecule has 52 heavy (non-hydrogen) atoms. The molecule has 0 bridgehead atoms. The molecule has 4 saturated heterocycles. The molecular weight excluding hydrogens is 683 g/mol. The number of nitrogens with zero attached hydrogens (tertiary/aromatic N) is 8. The van der Waals surface area contributed by atoms with Gasteiger partial charge in [-0.05, 0) is 62.7 Å². The van der Waals surface area contributed by atoms with Crippen LogP contribution >= 0.6 is 11.6 Å². The van der Waals surface area contributed by atoms with Crippen molar-refractivity contribution in [2.24, 2.45) is 0 Å². The summed E-state index contributed by atoms with van der Waals surface area (Å²) in [6.45, 7) is 12.2. The highest BCUT2D eigenvalue weighted by molar-refractivity contribution is 6.36. The molecular formula is C39H48ClFN8O3. The standard InChI is InChI=1S/C37H45ClFN7O3.C2H3N/c38-34-29(39)9-8-27-5-1-6-31(33(27)34)45-16-10-28-30(25-45)40-36(49-26-37-11-3-14-46(37)15-4-12-37)41-35(28)44-19-17-43(18-20-44)32(47)7-2-13-42-21-23-48-24-22-42;1-2-3/h1-2,5-9H,3-4,10-26H2;1H3/b7-2+;. The highest BCUT2D eigenvalue weighted by Crippen LogP contribution is 2.40. The van der Waals surface area contributed by atoms with Crippen molar-refractivity contribution >= 4 is 39.8 Å². The lowest BCUT2D eigenvalue weighted by Gasteiger charge is -2.38. The summed E-state index contributed by atoms with van der Waals surface area (Å²) in [6.07, 6.45) is 9.13. The van der Waals surface area contributed by atoms with Crippen LogP contribution in [0.3, 0.4) is 0 Å². The van der Waals surface area contributed by atoms with Crippen LogP contribution in [0.1, 0.15) is 43.9 Å². The minimum absolute atomic E-state index is 0.0550. The number of ether oxygens (including phenoxy) is 2. The van der Waals surface area contributed by atoms with E-state index in [4.69, 9.17) is 36.3 Å². The van der Waals surface area contributed by atoms with E-state index in [1.807, 2.05) is 29.2 Å². The lowest BCUT2D eigenvalue weighted by atomic mass is 9.95. The Morgan fingerprint density at radius 1 is 1.02 bits per heavy atom. The van der Waals surface area contributed by atoms with Gasteiger partial charge >= 0.3 is 6.01 Å². The first-order valence-corrected chi connectivity index (χ1v) is 19.0. The molecule has 6 heterocycles. The Hall–Kier alpha value is -4.02. The third-order valence-corrected chi connectivity index (χ3v) is 11.5. The van der Waals surface area contributed by atoms with Crippen LogP contribution in [0.4, 0.5) is 15.9 Å². The van der Waals surface area contributed by atoms with Crippen LogP contribution in [0, 0.1) is 17.1 Å². The van der Waals surface area contributed by atoms with E-state index in [2.05, 4.69) is 19.6 Å². The van der Waals surface area contributed by atoms with Gasteiger partial charge in [-0.25, -0.2) is 4.39 Å². The fourth-order valence-electron chi connectivity index (χ4n) is 8.47. The molecule has 1 amide bonds. The van der Waals surface area contributed by atoms with Crippen molar-refractivity contribution in [2.45, 2.75) is 51.1 Å². The van der Waals surface area contributed by atoms with Crippen LogP contribution in [0.2, 0.25) is 5.02 Å². The summed E-state index contributed by atoms with van der Waals surface area (Å²) in [5.74, 6) is 0.542. The molecule has 11 nitrogen and oxygen atoms in total. The van der Waals surface area contributed by atoms with Crippen molar-refractivity contribution in [3.05, 3.63) is 64.6 Å². The quantitative estimate of drug-likeness (QED) is 0.293. The van der Waals surface area contributed by atoms with E-state index in [0.717, 1.165) is 105 Å². The van der Waals surface area contributed by atoms with E-state index in [1.54, 1.807) is 18.2 Å². The number of carbonyl (C=O) groups excluding carboxylic acids is 1. The van der Waals surface area contributed by atoms with E-state index in [1.165, 1.54) is 25.8 Å². The Bertz CT molecular complexity index is 1810. The number of rotatable bonds is 8. The molecule has 3 aromatic rings. The molecule has 5 aliphatic heterocycles. The molecule has 4 fully saturated rings. The van der Waals surface area contributed by atoms with Gasteiger partial charge < -0.3 is 24.2 Å². The lowest BCUT2D eigenvalue weighted by molar-refractivity contribution is -0.126. The van der Waals surface area contributed by atoms with Crippen LogP contribution in [0.5, 0.6) is 6.01 Å². The van der Waals surface area contributed by atoms with Gasteiger partial charge in [0.1, 0.15) is 18.2 Å². The predicted octanol–water partition coefficient (Wildman–Crippen LogP) is 5.06. The molecule has 0 aliphatic carbocycles. The van der Waals surface area contributed by atoms with Gasteiger partial charge in [0.2, 0.25) is 5.91 Å². The third kappa shape index (κ3) is 7.69. The van der Waals surface area contributed by atoms with E-state index < -0.39 is 5.82 Å². The number of fused-ring (bicyclic) bond motifs is 3. The summed E-state index contributed by atoms with van der Waals surface area (Å²) in [5, 5.41) is 9.09. The van der Waals surface area contributed by atoms with Gasteiger partial charge in [0, 0.05) is 82.0 Å². The van der Waals surface area contributed by atoms with E-state index in [-0.39, 0.29) is 16.5 Å². The van der Waals surface area contributed by atoms with E-state index in [9.17, 15) is 9.18 Å². The summed E-state index contributed by atoms with van der Waals surface area (Å²) in [6, 6.07) is 11.3. The molecule has 0 spiro atoms. The number of benzene rings is 2. The fourth-order valence-corrected chi connectivity index (χ4v) is 8.73. The maximum absolute atomic E-state index is 14.6. The lowest BCUT2D eigenvalue weighted by Crippen LogP contribution is -2.49. The first kappa shape index (κ1) is 36.3. The van der Waals surface area contributed by atoms with Crippen molar-refractivity contribution < 1.29 is 18.7 Å². The van der Waals surface area contributed by atoms with Gasteiger partial charge in [-0.15, -0.1) is 0 Å². The number of anilines is 2. The number of aromatic nitrogens is 2. The van der Waals surface area contributed by atoms with Gasteiger partial charge in [0.15, 0.2) is 0 Å². The van der Waals surface area contributed by atoms with E-state index >= 15 is 0 Å². The Kier molecular flexibility index (Phi) is 11.4. The molecule has 13 heteroatoms. The molecule has 0 saturated carbocycles. The maximum atomic E-state index is 14.6. The Labute approximate surface area is 310 Å². The molecule has 0 atom stereocenters. The molecule has 276 valence electrons. The minimum atomic E-state index is -0.420. The summed E-state index contributed by atoms with van der Waals surface area (Å²) < 4.78 is 26.6. The maximum Gasteiger partial charge on any atom is 0.318 e. The van der Waals surface area contributed by atoms with Gasteiger partial charge in [-0.1, -0.05) is 35.9 Å². The first-order chi connectivity index (χ1) is 25.4. The van der Waals surface area contributed by atoms with Crippen LogP contribution < -0.4 is 14.5 Å². The number of carbonyl (C=O) groups is 1. The Morgan fingerprint density at radius 3 is 2.52 bits per heavy atom. The molecule has 1 aromatic heterocycles. The predicted molar refractivity (Wildman–Crippen MR) is 200 cm³/mol. The smallest absolute Gasteiger partial charge is 0.318 e. The van der Waals surface area contributed by atoms with Crippen molar-refractivity contribution in [1.82, 2.24) is 24.7 Å². The number of morpholine rings is 1. The van der Waals surface area contributed by atoms with E-state index in [0.29, 0.717) is 45.3 Å². The number of nitriles is 1. The number of piperazine rings is 1. The molecule has 2 aromatic carbocycles. The molecule has 8 rings (SSSR count). The average molecular weight is 731 g/mol.